The van der Waals surface area contributed by atoms with Gasteiger partial charge in [-0.15, -0.1) is 0 Å². The summed E-state index contributed by atoms with van der Waals surface area (Å²) >= 11 is 0. The first kappa shape index (κ1) is 13.3. The molecule has 0 bridgehead atoms. The number of ether oxygens (including phenoxy) is 1. The predicted octanol–water partition coefficient (Wildman–Crippen LogP) is 1.27. The summed E-state index contributed by atoms with van der Waals surface area (Å²) < 4.78 is 5.44. The van der Waals surface area contributed by atoms with Crippen LogP contribution in [0.3, 0.4) is 0 Å². The van der Waals surface area contributed by atoms with Crippen LogP contribution in [-0.4, -0.2) is 47.2 Å². The summed E-state index contributed by atoms with van der Waals surface area (Å²) in [6.07, 6.45) is 3.99. The van der Waals surface area contributed by atoms with Crippen molar-refractivity contribution in [2.45, 2.75) is 51.2 Å². The lowest BCUT2D eigenvalue weighted by Crippen LogP contribution is -2.52. The first-order chi connectivity index (χ1) is 8.59. The van der Waals surface area contributed by atoms with E-state index < -0.39 is 12.0 Å². The van der Waals surface area contributed by atoms with Gasteiger partial charge in [-0.3, -0.25) is 4.79 Å². The number of nitrogens with zero attached hydrogens (tertiary/aromatic N) is 1. The van der Waals surface area contributed by atoms with Crippen LogP contribution in [0.2, 0.25) is 0 Å². The summed E-state index contributed by atoms with van der Waals surface area (Å²) in [6, 6.07) is -0.660. The van der Waals surface area contributed by atoms with Gasteiger partial charge < -0.3 is 14.7 Å². The van der Waals surface area contributed by atoms with E-state index in [0.717, 1.165) is 32.3 Å². The molecule has 0 aliphatic carbocycles. The molecule has 2 aliphatic rings. The van der Waals surface area contributed by atoms with Crippen LogP contribution in [0.1, 0.15) is 39.0 Å². The molecule has 102 valence electrons. The van der Waals surface area contributed by atoms with Crippen molar-refractivity contribution in [1.29, 1.82) is 0 Å². The Labute approximate surface area is 107 Å². The zero-order valence-electron chi connectivity index (χ0n) is 10.8. The number of carbonyl (C=O) groups is 2. The number of likely N-dealkylation sites (tertiary alicyclic amines) is 1. The zero-order chi connectivity index (χ0) is 13.1. The quantitative estimate of drug-likeness (QED) is 0.824. The Morgan fingerprint density at radius 3 is 2.72 bits per heavy atom. The molecule has 1 N–H and O–H groups in total. The maximum Gasteiger partial charge on any atom is 0.326 e. The molecular weight excluding hydrogens is 234 g/mol. The molecule has 0 spiro atoms. The third kappa shape index (κ3) is 2.83. The molecule has 2 saturated heterocycles. The number of carbonyl (C=O) groups excluding carboxylic acids is 1. The lowest BCUT2D eigenvalue weighted by molar-refractivity contribution is -0.155. The smallest absolute Gasteiger partial charge is 0.326 e. The summed E-state index contributed by atoms with van der Waals surface area (Å²) in [5.41, 5.74) is 0. The molecule has 0 radical (unpaired) electrons. The second kappa shape index (κ2) is 5.69. The fraction of sp³-hybridized carbons (Fsp3) is 0.846. The van der Waals surface area contributed by atoms with Crippen molar-refractivity contribution in [2.24, 2.45) is 5.92 Å². The fourth-order valence-electron chi connectivity index (χ4n) is 2.96. The first-order valence-corrected chi connectivity index (χ1v) is 6.73. The number of piperidine rings is 1. The van der Waals surface area contributed by atoms with E-state index in [0.29, 0.717) is 13.0 Å². The second-order valence-corrected chi connectivity index (χ2v) is 5.33. The van der Waals surface area contributed by atoms with E-state index in [1.54, 1.807) is 0 Å². The zero-order valence-corrected chi connectivity index (χ0v) is 10.8. The molecule has 2 rings (SSSR count). The summed E-state index contributed by atoms with van der Waals surface area (Å²) in [5, 5.41) is 9.26. The standard InChI is InChI=1S/C13H21NO4/c1-9-4-2-6-14(12(9)13(16)17)11(15)8-10-5-3-7-18-10/h9-10,12H,2-8H2,1H3,(H,16,17). The lowest BCUT2D eigenvalue weighted by Gasteiger charge is -2.37. The normalized spacial score (nSPS) is 32.5. The summed E-state index contributed by atoms with van der Waals surface area (Å²) in [5.74, 6) is -0.923. The van der Waals surface area contributed by atoms with Gasteiger partial charge in [0.2, 0.25) is 5.91 Å². The van der Waals surface area contributed by atoms with Crippen LogP contribution in [0.25, 0.3) is 0 Å². The Hall–Kier alpha value is -1.10. The summed E-state index contributed by atoms with van der Waals surface area (Å²) in [4.78, 5) is 25.0. The van der Waals surface area contributed by atoms with Gasteiger partial charge in [0.05, 0.1) is 12.5 Å². The van der Waals surface area contributed by atoms with Crippen molar-refractivity contribution in [2.75, 3.05) is 13.2 Å². The molecule has 0 aromatic carbocycles. The summed E-state index contributed by atoms with van der Waals surface area (Å²) in [6.45, 7) is 3.19. The van der Waals surface area contributed by atoms with Gasteiger partial charge in [0.15, 0.2) is 0 Å². The van der Waals surface area contributed by atoms with Crippen molar-refractivity contribution < 1.29 is 19.4 Å². The van der Waals surface area contributed by atoms with Crippen LogP contribution in [0, 0.1) is 5.92 Å². The highest BCUT2D eigenvalue weighted by Gasteiger charge is 2.37. The third-order valence-corrected chi connectivity index (χ3v) is 3.93. The molecular formula is C13H21NO4. The van der Waals surface area contributed by atoms with Gasteiger partial charge in [-0.05, 0) is 31.6 Å². The number of aliphatic carboxylic acids is 1. The number of hydrogen-bond donors (Lipinski definition) is 1. The van der Waals surface area contributed by atoms with E-state index in [-0.39, 0.29) is 17.9 Å². The maximum absolute atomic E-state index is 12.2. The highest BCUT2D eigenvalue weighted by molar-refractivity contribution is 5.84. The van der Waals surface area contributed by atoms with Crippen LogP contribution in [0.15, 0.2) is 0 Å². The fourth-order valence-corrected chi connectivity index (χ4v) is 2.96. The van der Waals surface area contributed by atoms with Crippen LogP contribution in [0.5, 0.6) is 0 Å². The topological polar surface area (TPSA) is 66.8 Å². The number of carboxylic acids is 1. The Balaban J connectivity index is 1.99. The maximum atomic E-state index is 12.2. The van der Waals surface area contributed by atoms with Gasteiger partial charge >= 0.3 is 5.97 Å². The van der Waals surface area contributed by atoms with Gasteiger partial charge in [0.25, 0.3) is 0 Å². The van der Waals surface area contributed by atoms with Crippen molar-refractivity contribution in [1.82, 2.24) is 4.90 Å². The van der Waals surface area contributed by atoms with E-state index in [9.17, 15) is 14.7 Å². The molecule has 1 amide bonds. The summed E-state index contributed by atoms with van der Waals surface area (Å²) in [7, 11) is 0. The molecule has 18 heavy (non-hydrogen) atoms. The Morgan fingerprint density at radius 1 is 1.33 bits per heavy atom. The average molecular weight is 255 g/mol. The number of amides is 1. The number of rotatable bonds is 3. The molecule has 0 saturated carbocycles. The predicted molar refractivity (Wildman–Crippen MR) is 65.1 cm³/mol. The largest absolute Gasteiger partial charge is 0.480 e. The van der Waals surface area contributed by atoms with E-state index in [2.05, 4.69) is 0 Å². The minimum atomic E-state index is -0.886. The number of carboxylic acid groups (broad SMARTS) is 1. The Morgan fingerprint density at radius 2 is 2.11 bits per heavy atom. The Kier molecular flexibility index (Phi) is 4.22. The van der Waals surface area contributed by atoms with Crippen molar-refractivity contribution in [3.8, 4) is 0 Å². The van der Waals surface area contributed by atoms with Gasteiger partial charge in [-0.25, -0.2) is 4.79 Å². The van der Waals surface area contributed by atoms with Crippen LogP contribution >= 0.6 is 0 Å². The number of hydrogen-bond acceptors (Lipinski definition) is 3. The third-order valence-electron chi connectivity index (χ3n) is 3.93. The van der Waals surface area contributed by atoms with Gasteiger partial charge in [-0.1, -0.05) is 6.92 Å². The minimum absolute atomic E-state index is 0.0100. The molecule has 3 atom stereocenters. The molecule has 3 unspecified atom stereocenters. The molecule has 5 heteroatoms. The molecule has 2 fully saturated rings. The van der Waals surface area contributed by atoms with Crippen molar-refractivity contribution in [3.05, 3.63) is 0 Å². The van der Waals surface area contributed by atoms with Crippen LogP contribution < -0.4 is 0 Å². The van der Waals surface area contributed by atoms with Crippen molar-refractivity contribution in [3.63, 3.8) is 0 Å². The average Bonchev–Trinajstić information content (AvgIpc) is 2.80. The van der Waals surface area contributed by atoms with Crippen LogP contribution in [0.4, 0.5) is 0 Å². The van der Waals surface area contributed by atoms with E-state index in [1.165, 1.54) is 4.90 Å². The highest BCUT2D eigenvalue weighted by atomic mass is 16.5. The molecule has 0 aromatic heterocycles. The highest BCUT2D eigenvalue weighted by Crippen LogP contribution is 2.25. The van der Waals surface area contributed by atoms with Crippen LogP contribution in [-0.2, 0) is 14.3 Å². The molecule has 5 nitrogen and oxygen atoms in total. The van der Waals surface area contributed by atoms with E-state index >= 15 is 0 Å². The van der Waals surface area contributed by atoms with Gasteiger partial charge in [-0.2, -0.15) is 0 Å². The molecule has 2 heterocycles. The first-order valence-electron chi connectivity index (χ1n) is 6.73. The van der Waals surface area contributed by atoms with Gasteiger partial charge in [0, 0.05) is 13.2 Å². The second-order valence-electron chi connectivity index (χ2n) is 5.33. The monoisotopic (exact) mass is 255 g/mol. The SMILES string of the molecule is CC1CCCN(C(=O)CC2CCCO2)C1C(=O)O. The lowest BCUT2D eigenvalue weighted by atomic mass is 9.90. The van der Waals surface area contributed by atoms with E-state index in [1.807, 2.05) is 6.92 Å². The Bertz CT molecular complexity index is 325. The molecule has 2 aliphatic heterocycles. The van der Waals surface area contributed by atoms with E-state index in [4.69, 9.17) is 4.74 Å². The van der Waals surface area contributed by atoms with Crippen molar-refractivity contribution >= 4 is 11.9 Å². The minimum Gasteiger partial charge on any atom is -0.480 e. The van der Waals surface area contributed by atoms with Gasteiger partial charge in [0.1, 0.15) is 6.04 Å². The molecule has 0 aromatic rings.